The molecule has 0 unspecified atom stereocenters. The molecule has 166 valence electrons. The second-order valence-corrected chi connectivity index (χ2v) is 8.15. The molecule has 0 bridgehead atoms. The van der Waals surface area contributed by atoms with Gasteiger partial charge in [0.25, 0.3) is 11.6 Å². The van der Waals surface area contributed by atoms with Crippen molar-refractivity contribution in [2.75, 3.05) is 13.2 Å². The van der Waals surface area contributed by atoms with E-state index in [-0.39, 0.29) is 16.6 Å². The van der Waals surface area contributed by atoms with Crippen molar-refractivity contribution in [2.45, 2.75) is 13.5 Å². The number of ether oxygens (including phenoxy) is 2. The maximum atomic E-state index is 12.5. The number of carboxylic acid groups (broad SMARTS) is 1. The van der Waals surface area contributed by atoms with Crippen molar-refractivity contribution in [1.82, 2.24) is 4.90 Å². The van der Waals surface area contributed by atoms with Crippen LogP contribution in [-0.2, 0) is 16.2 Å². The number of benzene rings is 2. The number of carboxylic acids is 1. The molecule has 0 spiro atoms. The van der Waals surface area contributed by atoms with Crippen molar-refractivity contribution >= 4 is 51.9 Å². The maximum absolute atomic E-state index is 12.5. The van der Waals surface area contributed by atoms with E-state index >= 15 is 0 Å². The number of rotatable bonds is 9. The highest BCUT2D eigenvalue weighted by molar-refractivity contribution is 8.26. The summed E-state index contributed by atoms with van der Waals surface area (Å²) in [5.74, 6) is -0.833. The van der Waals surface area contributed by atoms with Crippen molar-refractivity contribution in [1.29, 1.82) is 0 Å². The lowest BCUT2D eigenvalue weighted by Crippen LogP contribution is -2.33. The average Bonchev–Trinajstić information content (AvgIpc) is 3.00. The fraction of sp³-hybridized carbons (Fsp3) is 0.190. The molecule has 2 aromatic carbocycles. The summed E-state index contributed by atoms with van der Waals surface area (Å²) in [7, 11) is 0. The van der Waals surface area contributed by atoms with Gasteiger partial charge in [-0.15, -0.1) is 0 Å². The lowest BCUT2D eigenvalue weighted by atomic mass is 10.1. The van der Waals surface area contributed by atoms with Crippen LogP contribution in [0.25, 0.3) is 6.08 Å². The Balaban J connectivity index is 1.82. The summed E-state index contributed by atoms with van der Waals surface area (Å²) in [5.41, 5.74) is 1.01. The van der Waals surface area contributed by atoms with Crippen LogP contribution in [-0.4, -0.2) is 44.3 Å². The zero-order chi connectivity index (χ0) is 23.3. The minimum Gasteiger partial charge on any atom is -0.490 e. The van der Waals surface area contributed by atoms with E-state index in [1.165, 1.54) is 6.07 Å². The molecular formula is C21H18N2O7S2. The van der Waals surface area contributed by atoms with Gasteiger partial charge in [0.1, 0.15) is 17.5 Å². The van der Waals surface area contributed by atoms with Crippen LogP contribution in [0.15, 0.2) is 47.4 Å². The first kappa shape index (κ1) is 23.2. The van der Waals surface area contributed by atoms with E-state index in [1.807, 2.05) is 0 Å². The number of para-hydroxylation sites is 1. The molecule has 11 heteroatoms. The van der Waals surface area contributed by atoms with Gasteiger partial charge in [-0.05, 0) is 36.8 Å². The SMILES string of the molecule is CCOc1cc(/C=C2\SC(=S)N(CC(=O)O)C2=O)ccc1OCc1ccccc1[N+](=O)[O-]. The van der Waals surface area contributed by atoms with Crippen LogP contribution in [0.5, 0.6) is 11.5 Å². The first-order valence-electron chi connectivity index (χ1n) is 9.39. The summed E-state index contributed by atoms with van der Waals surface area (Å²) in [4.78, 5) is 35.4. The van der Waals surface area contributed by atoms with Crippen molar-refractivity contribution in [3.8, 4) is 11.5 Å². The zero-order valence-electron chi connectivity index (χ0n) is 16.8. The van der Waals surface area contributed by atoms with Crippen molar-refractivity contribution in [2.24, 2.45) is 0 Å². The minimum atomic E-state index is -1.15. The third kappa shape index (κ3) is 5.42. The zero-order valence-corrected chi connectivity index (χ0v) is 18.5. The van der Waals surface area contributed by atoms with Gasteiger partial charge >= 0.3 is 5.97 Å². The number of nitro groups is 1. The van der Waals surface area contributed by atoms with Gasteiger partial charge in [0, 0.05) is 6.07 Å². The number of hydrogen-bond acceptors (Lipinski definition) is 8. The largest absolute Gasteiger partial charge is 0.490 e. The summed E-state index contributed by atoms with van der Waals surface area (Å²) < 4.78 is 11.6. The van der Waals surface area contributed by atoms with Crippen molar-refractivity contribution in [3.05, 3.63) is 68.6 Å². The predicted octanol–water partition coefficient (Wildman–Crippen LogP) is 3.86. The third-order valence-electron chi connectivity index (χ3n) is 4.30. The summed E-state index contributed by atoms with van der Waals surface area (Å²) in [6.45, 7) is 1.64. The number of nitro benzene ring substituents is 1. The number of thioether (sulfide) groups is 1. The third-order valence-corrected chi connectivity index (χ3v) is 5.68. The molecule has 0 aromatic heterocycles. The van der Waals surface area contributed by atoms with Crippen LogP contribution < -0.4 is 9.47 Å². The van der Waals surface area contributed by atoms with E-state index in [4.69, 9.17) is 26.8 Å². The van der Waals surface area contributed by atoms with E-state index in [9.17, 15) is 19.7 Å². The van der Waals surface area contributed by atoms with Crippen molar-refractivity contribution in [3.63, 3.8) is 0 Å². The summed E-state index contributed by atoms with van der Waals surface area (Å²) >= 11 is 6.12. The van der Waals surface area contributed by atoms with Gasteiger partial charge in [-0.25, -0.2) is 0 Å². The smallest absolute Gasteiger partial charge is 0.323 e. The van der Waals surface area contributed by atoms with Crippen LogP contribution >= 0.6 is 24.0 Å². The molecule has 0 radical (unpaired) electrons. The van der Waals surface area contributed by atoms with Gasteiger partial charge in [-0.3, -0.25) is 24.6 Å². The number of aliphatic carboxylic acids is 1. The summed E-state index contributed by atoms with van der Waals surface area (Å²) in [5, 5.41) is 20.1. The first-order chi connectivity index (χ1) is 15.3. The Morgan fingerprint density at radius 1 is 1.25 bits per heavy atom. The molecule has 1 amide bonds. The number of carbonyl (C=O) groups is 2. The van der Waals surface area contributed by atoms with Gasteiger partial charge in [-0.2, -0.15) is 0 Å². The Hall–Kier alpha value is -3.44. The Bertz CT molecular complexity index is 1120. The molecular weight excluding hydrogens is 456 g/mol. The van der Waals surface area contributed by atoms with Crippen LogP contribution in [0.3, 0.4) is 0 Å². The molecule has 0 aliphatic carbocycles. The monoisotopic (exact) mass is 474 g/mol. The highest BCUT2D eigenvalue weighted by Gasteiger charge is 2.33. The molecule has 32 heavy (non-hydrogen) atoms. The molecule has 1 saturated heterocycles. The molecule has 1 aliphatic heterocycles. The lowest BCUT2D eigenvalue weighted by Gasteiger charge is -2.13. The average molecular weight is 475 g/mol. The molecule has 1 fully saturated rings. The van der Waals surface area contributed by atoms with E-state index in [0.717, 1.165) is 16.7 Å². The van der Waals surface area contributed by atoms with Gasteiger partial charge in [0.05, 0.1) is 22.0 Å². The van der Waals surface area contributed by atoms with Gasteiger partial charge in [0.2, 0.25) is 0 Å². The van der Waals surface area contributed by atoms with E-state index in [1.54, 1.807) is 49.4 Å². The highest BCUT2D eigenvalue weighted by atomic mass is 32.2. The standard InChI is InChI=1S/C21H18N2O7S2/c1-2-29-17-9-13(10-18-20(26)22(11-19(24)25)21(31)32-18)7-8-16(17)30-12-14-5-3-4-6-15(14)23(27)28/h3-10H,2,11-12H2,1H3,(H,24,25)/b18-10-. The Labute approximate surface area is 192 Å². The van der Waals surface area contributed by atoms with E-state index < -0.39 is 23.3 Å². The fourth-order valence-electron chi connectivity index (χ4n) is 2.89. The lowest BCUT2D eigenvalue weighted by molar-refractivity contribution is -0.385. The number of carbonyl (C=O) groups excluding carboxylic acids is 1. The fourth-order valence-corrected chi connectivity index (χ4v) is 4.15. The Morgan fingerprint density at radius 3 is 2.69 bits per heavy atom. The van der Waals surface area contributed by atoms with Gasteiger partial charge in [0.15, 0.2) is 11.5 Å². The van der Waals surface area contributed by atoms with Crippen LogP contribution in [0.1, 0.15) is 18.1 Å². The van der Waals surface area contributed by atoms with Crippen LogP contribution in [0.2, 0.25) is 0 Å². The van der Waals surface area contributed by atoms with Gasteiger partial charge in [-0.1, -0.05) is 42.2 Å². The number of nitrogens with zero attached hydrogens (tertiary/aromatic N) is 2. The normalized spacial score (nSPS) is 14.7. The quantitative estimate of drug-likeness (QED) is 0.250. The highest BCUT2D eigenvalue weighted by Crippen LogP contribution is 2.35. The second kappa shape index (κ2) is 10.2. The van der Waals surface area contributed by atoms with E-state index in [0.29, 0.717) is 34.1 Å². The molecule has 2 aromatic rings. The van der Waals surface area contributed by atoms with E-state index in [2.05, 4.69) is 0 Å². The maximum Gasteiger partial charge on any atom is 0.323 e. The molecule has 1 N–H and O–H groups in total. The van der Waals surface area contributed by atoms with Gasteiger partial charge < -0.3 is 14.6 Å². The number of hydrogen-bond donors (Lipinski definition) is 1. The Morgan fingerprint density at radius 2 is 2.00 bits per heavy atom. The molecule has 1 aliphatic rings. The topological polar surface area (TPSA) is 119 Å². The predicted molar refractivity (Wildman–Crippen MR) is 123 cm³/mol. The molecule has 0 saturated carbocycles. The van der Waals surface area contributed by atoms with Crippen LogP contribution in [0, 0.1) is 10.1 Å². The molecule has 9 nitrogen and oxygen atoms in total. The minimum absolute atomic E-state index is 0.0234. The molecule has 3 rings (SSSR count). The summed E-state index contributed by atoms with van der Waals surface area (Å²) in [6, 6.07) is 11.3. The second-order valence-electron chi connectivity index (χ2n) is 6.48. The molecule has 1 heterocycles. The van der Waals surface area contributed by atoms with Crippen molar-refractivity contribution < 1.29 is 29.1 Å². The Kier molecular flexibility index (Phi) is 7.44. The number of amides is 1. The molecule has 0 atom stereocenters. The first-order valence-corrected chi connectivity index (χ1v) is 10.6. The summed E-state index contributed by atoms with van der Waals surface area (Å²) in [6.07, 6.45) is 1.59. The number of thiocarbonyl (C=S) groups is 1. The van der Waals surface area contributed by atoms with Crippen LogP contribution in [0.4, 0.5) is 5.69 Å².